The zero-order valence-electron chi connectivity index (χ0n) is 11.4. The largest absolute Gasteiger partial charge is 0.477 e. The fourth-order valence-corrected chi connectivity index (χ4v) is 1.87. The fourth-order valence-electron chi connectivity index (χ4n) is 1.87. The summed E-state index contributed by atoms with van der Waals surface area (Å²) in [7, 11) is 1.79. The molecule has 0 radical (unpaired) electrons. The van der Waals surface area contributed by atoms with Gasteiger partial charge in [-0.25, -0.2) is 9.78 Å². The lowest BCUT2D eigenvalue weighted by atomic mass is 10.2. The standard InChI is InChI=1S/C12H13N5O4/c1-7-8(6-16(2)15-7)4-13-11-3-9(12(18)19)10(5-14-11)17(20)21/h3,5-6H,4H2,1-2H3,(H,13,14)(H,18,19). The molecule has 9 nitrogen and oxygen atoms in total. The Balaban J connectivity index is 2.21. The minimum absolute atomic E-state index is 0.251. The monoisotopic (exact) mass is 291 g/mol. The van der Waals surface area contributed by atoms with E-state index < -0.39 is 22.1 Å². The van der Waals surface area contributed by atoms with Crippen LogP contribution in [0.15, 0.2) is 18.5 Å². The van der Waals surface area contributed by atoms with Crippen molar-refractivity contribution in [3.8, 4) is 0 Å². The lowest BCUT2D eigenvalue weighted by Gasteiger charge is -2.05. The smallest absolute Gasteiger partial charge is 0.342 e. The number of anilines is 1. The molecule has 0 spiro atoms. The van der Waals surface area contributed by atoms with Gasteiger partial charge in [0.25, 0.3) is 0 Å². The average Bonchev–Trinajstić information content (AvgIpc) is 2.74. The van der Waals surface area contributed by atoms with Crippen molar-refractivity contribution in [1.82, 2.24) is 14.8 Å². The first kappa shape index (κ1) is 14.4. The second-order valence-corrected chi connectivity index (χ2v) is 4.42. The molecular weight excluding hydrogens is 278 g/mol. The number of rotatable bonds is 5. The third kappa shape index (κ3) is 3.14. The summed E-state index contributed by atoms with van der Waals surface area (Å²) in [4.78, 5) is 24.9. The molecule has 0 aromatic carbocycles. The zero-order chi connectivity index (χ0) is 15.6. The minimum atomic E-state index is -1.37. The number of nitrogens with one attached hydrogen (secondary N) is 1. The molecule has 0 saturated carbocycles. The van der Waals surface area contributed by atoms with Crippen LogP contribution in [0.2, 0.25) is 0 Å². The van der Waals surface area contributed by atoms with Gasteiger partial charge in [-0.1, -0.05) is 0 Å². The summed E-state index contributed by atoms with van der Waals surface area (Å²) >= 11 is 0. The molecule has 2 rings (SSSR count). The molecule has 110 valence electrons. The van der Waals surface area contributed by atoms with Gasteiger partial charge in [0.15, 0.2) is 0 Å². The van der Waals surface area contributed by atoms with Gasteiger partial charge in [0.05, 0.1) is 10.6 Å². The normalized spacial score (nSPS) is 10.4. The highest BCUT2D eigenvalue weighted by Gasteiger charge is 2.21. The number of aromatic nitrogens is 3. The molecule has 2 aromatic heterocycles. The SMILES string of the molecule is Cc1nn(C)cc1CNc1cc(C(=O)O)c([N+](=O)[O-])cn1. The molecule has 9 heteroatoms. The van der Waals surface area contributed by atoms with Crippen molar-refractivity contribution in [2.75, 3.05) is 5.32 Å². The third-order valence-corrected chi connectivity index (χ3v) is 2.89. The van der Waals surface area contributed by atoms with Crippen LogP contribution in [0.25, 0.3) is 0 Å². The highest BCUT2D eigenvalue weighted by Crippen LogP contribution is 2.20. The van der Waals surface area contributed by atoms with Gasteiger partial charge in [-0.2, -0.15) is 5.10 Å². The van der Waals surface area contributed by atoms with Gasteiger partial charge in [0.2, 0.25) is 0 Å². The minimum Gasteiger partial charge on any atom is -0.477 e. The van der Waals surface area contributed by atoms with Gasteiger partial charge < -0.3 is 10.4 Å². The molecule has 0 amide bonds. The van der Waals surface area contributed by atoms with Gasteiger partial charge in [0, 0.05) is 31.4 Å². The predicted octanol–water partition coefficient (Wildman–Crippen LogP) is 1.34. The molecular formula is C12H13N5O4. The van der Waals surface area contributed by atoms with Gasteiger partial charge in [-0.05, 0) is 6.92 Å². The second-order valence-electron chi connectivity index (χ2n) is 4.42. The van der Waals surface area contributed by atoms with Crippen molar-refractivity contribution in [3.63, 3.8) is 0 Å². The molecule has 21 heavy (non-hydrogen) atoms. The van der Waals surface area contributed by atoms with E-state index in [0.29, 0.717) is 6.54 Å². The van der Waals surface area contributed by atoms with E-state index in [0.717, 1.165) is 23.5 Å². The van der Waals surface area contributed by atoms with Gasteiger partial charge in [-0.15, -0.1) is 0 Å². The summed E-state index contributed by atoms with van der Waals surface area (Å²) in [5, 5.41) is 26.8. The number of pyridine rings is 1. The number of nitrogens with zero attached hydrogens (tertiary/aromatic N) is 4. The summed E-state index contributed by atoms with van der Waals surface area (Å²) in [6.45, 7) is 2.24. The Bertz CT molecular complexity index is 710. The maximum Gasteiger partial charge on any atom is 0.342 e. The molecule has 2 heterocycles. The van der Waals surface area contributed by atoms with Gasteiger partial charge in [-0.3, -0.25) is 14.8 Å². The first-order valence-corrected chi connectivity index (χ1v) is 5.99. The maximum absolute atomic E-state index is 11.0. The van der Waals surface area contributed by atoms with E-state index >= 15 is 0 Å². The fraction of sp³-hybridized carbons (Fsp3) is 0.250. The highest BCUT2D eigenvalue weighted by atomic mass is 16.6. The Morgan fingerprint density at radius 3 is 2.81 bits per heavy atom. The molecule has 0 saturated heterocycles. The van der Waals surface area contributed by atoms with Crippen molar-refractivity contribution < 1.29 is 14.8 Å². The number of carboxylic acid groups (broad SMARTS) is 1. The molecule has 0 fully saturated rings. The second kappa shape index (κ2) is 5.57. The van der Waals surface area contributed by atoms with Crippen LogP contribution in [0.3, 0.4) is 0 Å². The van der Waals surface area contributed by atoms with E-state index in [1.165, 1.54) is 0 Å². The summed E-state index contributed by atoms with van der Waals surface area (Å²) in [6, 6.07) is 1.15. The topological polar surface area (TPSA) is 123 Å². The van der Waals surface area contributed by atoms with Crippen LogP contribution >= 0.6 is 0 Å². The van der Waals surface area contributed by atoms with Crippen molar-refractivity contribution in [2.24, 2.45) is 7.05 Å². The van der Waals surface area contributed by atoms with Crippen LogP contribution in [0.1, 0.15) is 21.6 Å². The Hall–Kier alpha value is -2.97. The highest BCUT2D eigenvalue weighted by molar-refractivity contribution is 5.93. The number of aryl methyl sites for hydroxylation is 2. The van der Waals surface area contributed by atoms with Crippen molar-refractivity contribution in [2.45, 2.75) is 13.5 Å². The molecule has 0 aliphatic carbocycles. The number of carboxylic acids is 1. The number of hydrogen-bond acceptors (Lipinski definition) is 6. The van der Waals surface area contributed by atoms with Crippen LogP contribution in [0.4, 0.5) is 11.5 Å². The van der Waals surface area contributed by atoms with Crippen LogP contribution in [0.5, 0.6) is 0 Å². The third-order valence-electron chi connectivity index (χ3n) is 2.89. The number of hydrogen-bond donors (Lipinski definition) is 2. The van der Waals surface area contributed by atoms with E-state index in [-0.39, 0.29) is 5.82 Å². The Labute approximate surface area is 119 Å². The molecule has 0 bridgehead atoms. The average molecular weight is 291 g/mol. The number of nitro groups is 1. The Morgan fingerprint density at radius 1 is 1.57 bits per heavy atom. The van der Waals surface area contributed by atoms with E-state index in [1.54, 1.807) is 11.7 Å². The van der Waals surface area contributed by atoms with Crippen molar-refractivity contribution >= 4 is 17.5 Å². The van der Waals surface area contributed by atoms with Crippen LogP contribution in [-0.4, -0.2) is 30.8 Å². The Kier molecular flexibility index (Phi) is 3.83. The van der Waals surface area contributed by atoms with Crippen molar-refractivity contribution in [3.05, 3.63) is 45.4 Å². The van der Waals surface area contributed by atoms with E-state index in [1.807, 2.05) is 13.1 Å². The first-order valence-electron chi connectivity index (χ1n) is 5.99. The van der Waals surface area contributed by atoms with Crippen LogP contribution in [-0.2, 0) is 13.6 Å². The van der Waals surface area contributed by atoms with E-state index in [2.05, 4.69) is 15.4 Å². The predicted molar refractivity (Wildman–Crippen MR) is 73.1 cm³/mol. The summed E-state index contributed by atoms with van der Waals surface area (Å²) < 4.78 is 1.66. The van der Waals surface area contributed by atoms with Gasteiger partial charge >= 0.3 is 11.7 Å². The van der Waals surface area contributed by atoms with Crippen LogP contribution in [0, 0.1) is 17.0 Å². The molecule has 0 aliphatic heterocycles. The number of carbonyl (C=O) groups is 1. The molecule has 0 aliphatic rings. The van der Waals surface area contributed by atoms with Crippen LogP contribution < -0.4 is 5.32 Å². The summed E-state index contributed by atoms with van der Waals surface area (Å²) in [6.07, 6.45) is 2.76. The molecule has 2 N–H and O–H groups in total. The quantitative estimate of drug-likeness (QED) is 0.629. The first-order chi connectivity index (χ1) is 9.88. The lowest BCUT2D eigenvalue weighted by Crippen LogP contribution is -2.07. The molecule has 0 unspecified atom stereocenters. The molecule has 0 atom stereocenters. The van der Waals surface area contributed by atoms with E-state index in [4.69, 9.17) is 5.11 Å². The summed E-state index contributed by atoms with van der Waals surface area (Å²) in [5.74, 6) is -1.12. The Morgan fingerprint density at radius 2 is 2.29 bits per heavy atom. The van der Waals surface area contributed by atoms with E-state index in [9.17, 15) is 14.9 Å². The molecule has 2 aromatic rings. The maximum atomic E-state index is 11.0. The van der Waals surface area contributed by atoms with Crippen molar-refractivity contribution in [1.29, 1.82) is 0 Å². The lowest BCUT2D eigenvalue weighted by molar-refractivity contribution is -0.385. The van der Waals surface area contributed by atoms with Gasteiger partial charge in [0.1, 0.15) is 17.6 Å². The summed E-state index contributed by atoms with van der Waals surface area (Å²) in [5.41, 5.74) is 0.825. The number of aromatic carboxylic acids is 1. The zero-order valence-corrected chi connectivity index (χ0v) is 11.4.